The summed E-state index contributed by atoms with van der Waals surface area (Å²) in [5.74, 6) is -0.0922. The van der Waals surface area contributed by atoms with E-state index in [1.165, 1.54) is 7.11 Å². The average Bonchev–Trinajstić information content (AvgIpc) is 2.35. The van der Waals surface area contributed by atoms with Gasteiger partial charge in [-0.2, -0.15) is 0 Å². The predicted molar refractivity (Wildman–Crippen MR) is 79.7 cm³/mol. The van der Waals surface area contributed by atoms with Crippen molar-refractivity contribution < 1.29 is 14.0 Å². The number of ether oxygens (including phenoxy) is 1. The van der Waals surface area contributed by atoms with Gasteiger partial charge in [0.1, 0.15) is 0 Å². The number of hydrogen-bond acceptors (Lipinski definition) is 4. The molecule has 0 spiro atoms. The second-order valence-corrected chi connectivity index (χ2v) is 11.8. The van der Waals surface area contributed by atoms with Crippen LogP contribution in [0.3, 0.4) is 0 Å². The zero-order valence-corrected chi connectivity index (χ0v) is 14.2. The van der Waals surface area contributed by atoms with Crippen LogP contribution in [0, 0.1) is 5.92 Å². The summed E-state index contributed by atoms with van der Waals surface area (Å²) in [4.78, 5) is 11.4. The van der Waals surface area contributed by atoms with Gasteiger partial charge in [-0.05, 0) is 31.0 Å². The molecular weight excluding hydrogens is 258 g/mol. The monoisotopic (exact) mass is 287 g/mol. The largest absolute Gasteiger partial charge is 0.469 e. The summed E-state index contributed by atoms with van der Waals surface area (Å²) < 4.78 is 11.0. The molecule has 0 aromatic carbocycles. The summed E-state index contributed by atoms with van der Waals surface area (Å²) >= 11 is 0. The number of rotatable bonds is 4. The lowest BCUT2D eigenvalue weighted by atomic mass is 9.95. The van der Waals surface area contributed by atoms with Gasteiger partial charge in [-0.15, -0.1) is 0 Å². The first kappa shape index (κ1) is 16.7. The molecule has 1 saturated heterocycles. The van der Waals surface area contributed by atoms with Gasteiger partial charge in [0.05, 0.1) is 13.0 Å². The fourth-order valence-corrected chi connectivity index (χ4v) is 3.00. The van der Waals surface area contributed by atoms with Crippen molar-refractivity contribution in [2.24, 2.45) is 5.92 Å². The molecule has 0 bridgehead atoms. The molecule has 5 heteroatoms. The zero-order valence-electron chi connectivity index (χ0n) is 13.2. The molecule has 4 nitrogen and oxygen atoms in total. The number of carbonyl (C=O) groups is 1. The van der Waals surface area contributed by atoms with Gasteiger partial charge in [0.15, 0.2) is 8.32 Å². The molecule has 0 aromatic rings. The maximum absolute atomic E-state index is 11.4. The van der Waals surface area contributed by atoms with Gasteiger partial charge in [-0.25, -0.2) is 0 Å². The third kappa shape index (κ3) is 4.58. The fraction of sp³-hybridized carbons (Fsp3) is 0.929. The Hall–Kier alpha value is -0.393. The SMILES string of the molecule is COC(=O)[C@H]1CC[C@@H](CO[Si](C)(C)C(C)(C)C)NC1. The highest BCUT2D eigenvalue weighted by atomic mass is 28.4. The molecule has 1 N–H and O–H groups in total. The minimum Gasteiger partial charge on any atom is -0.469 e. The molecule has 1 fully saturated rings. The molecule has 0 aliphatic carbocycles. The summed E-state index contributed by atoms with van der Waals surface area (Å²) in [7, 11) is -0.213. The van der Waals surface area contributed by atoms with Crippen LogP contribution in [0.25, 0.3) is 0 Å². The summed E-state index contributed by atoms with van der Waals surface area (Å²) in [6, 6.07) is 0.370. The third-order valence-corrected chi connectivity index (χ3v) is 9.00. The van der Waals surface area contributed by atoms with Crippen molar-refractivity contribution >= 4 is 14.3 Å². The van der Waals surface area contributed by atoms with E-state index in [0.29, 0.717) is 12.6 Å². The van der Waals surface area contributed by atoms with E-state index in [4.69, 9.17) is 9.16 Å². The van der Waals surface area contributed by atoms with Crippen molar-refractivity contribution in [3.05, 3.63) is 0 Å². The van der Waals surface area contributed by atoms with Crippen molar-refractivity contribution in [1.29, 1.82) is 0 Å². The molecular formula is C14H29NO3Si. The third-order valence-electron chi connectivity index (χ3n) is 4.50. The van der Waals surface area contributed by atoms with E-state index in [0.717, 1.165) is 19.4 Å². The highest BCUT2D eigenvalue weighted by Gasteiger charge is 2.38. The number of nitrogens with one attached hydrogen (secondary N) is 1. The Balaban J connectivity index is 2.36. The first-order valence-electron chi connectivity index (χ1n) is 7.12. The molecule has 0 unspecified atom stereocenters. The van der Waals surface area contributed by atoms with Gasteiger partial charge in [0.25, 0.3) is 0 Å². The quantitative estimate of drug-likeness (QED) is 0.637. The lowest BCUT2D eigenvalue weighted by molar-refractivity contribution is -0.146. The molecule has 19 heavy (non-hydrogen) atoms. The summed E-state index contributed by atoms with van der Waals surface area (Å²) in [6.45, 7) is 12.8. The highest BCUT2D eigenvalue weighted by Crippen LogP contribution is 2.36. The van der Waals surface area contributed by atoms with Crippen molar-refractivity contribution in [2.75, 3.05) is 20.3 Å². The van der Waals surface area contributed by atoms with Crippen molar-refractivity contribution in [3.63, 3.8) is 0 Å². The smallest absolute Gasteiger partial charge is 0.309 e. The van der Waals surface area contributed by atoms with E-state index in [9.17, 15) is 4.79 Å². The Bertz CT molecular complexity index is 304. The maximum Gasteiger partial charge on any atom is 0.309 e. The van der Waals surface area contributed by atoms with E-state index < -0.39 is 8.32 Å². The Kier molecular flexibility index (Phi) is 5.59. The summed E-state index contributed by atoms with van der Waals surface area (Å²) in [6.07, 6.45) is 1.87. The Morgan fingerprint density at radius 2 is 1.95 bits per heavy atom. The number of carbonyl (C=O) groups excluding carboxylic acids is 1. The topological polar surface area (TPSA) is 47.6 Å². The van der Waals surface area contributed by atoms with Crippen LogP contribution in [0.2, 0.25) is 18.1 Å². The van der Waals surface area contributed by atoms with Gasteiger partial charge in [0.2, 0.25) is 0 Å². The van der Waals surface area contributed by atoms with E-state index in [1.54, 1.807) is 0 Å². The predicted octanol–water partition coefficient (Wildman–Crippen LogP) is 2.55. The van der Waals surface area contributed by atoms with Crippen LogP contribution in [0.15, 0.2) is 0 Å². The van der Waals surface area contributed by atoms with Crippen LogP contribution in [0.1, 0.15) is 33.6 Å². The van der Waals surface area contributed by atoms with Crippen LogP contribution in [0.5, 0.6) is 0 Å². The van der Waals surface area contributed by atoms with Gasteiger partial charge in [-0.3, -0.25) is 4.79 Å². The number of hydrogen-bond donors (Lipinski definition) is 1. The molecule has 112 valence electrons. The van der Waals surface area contributed by atoms with Crippen LogP contribution < -0.4 is 5.32 Å². The first-order valence-corrected chi connectivity index (χ1v) is 10.0. The van der Waals surface area contributed by atoms with Crippen LogP contribution in [0.4, 0.5) is 0 Å². The Morgan fingerprint density at radius 1 is 1.32 bits per heavy atom. The fourth-order valence-electron chi connectivity index (χ4n) is 1.95. The molecule has 1 aliphatic rings. The molecule has 0 saturated carbocycles. The molecule has 0 aromatic heterocycles. The van der Waals surface area contributed by atoms with E-state index in [2.05, 4.69) is 39.2 Å². The first-order chi connectivity index (χ1) is 8.67. The number of methoxy groups -OCH3 is 1. The van der Waals surface area contributed by atoms with Gasteiger partial charge in [-0.1, -0.05) is 20.8 Å². The van der Waals surface area contributed by atoms with Crippen LogP contribution in [-0.4, -0.2) is 40.6 Å². The van der Waals surface area contributed by atoms with Gasteiger partial charge >= 0.3 is 5.97 Å². The second kappa shape index (κ2) is 6.37. The molecule has 2 atom stereocenters. The van der Waals surface area contributed by atoms with E-state index in [1.807, 2.05) is 0 Å². The van der Waals surface area contributed by atoms with Crippen molar-refractivity contribution in [2.45, 2.75) is 57.8 Å². The normalized spacial score (nSPS) is 25.2. The standard InChI is InChI=1S/C14H29NO3Si/c1-14(2,3)19(5,6)18-10-12-8-7-11(9-15-12)13(16)17-4/h11-12,15H,7-10H2,1-6H3/t11-,12-/m0/s1. The highest BCUT2D eigenvalue weighted by molar-refractivity contribution is 6.74. The van der Waals surface area contributed by atoms with E-state index >= 15 is 0 Å². The second-order valence-electron chi connectivity index (χ2n) is 6.97. The maximum atomic E-state index is 11.4. The lowest BCUT2D eigenvalue weighted by Crippen LogP contribution is -2.48. The zero-order chi connectivity index (χ0) is 14.7. The lowest BCUT2D eigenvalue weighted by Gasteiger charge is -2.38. The number of piperidine rings is 1. The minimum absolute atomic E-state index is 0.00845. The minimum atomic E-state index is -1.67. The van der Waals surface area contributed by atoms with Crippen LogP contribution >= 0.6 is 0 Å². The average molecular weight is 287 g/mol. The Labute approximate surface area is 118 Å². The molecule has 1 heterocycles. The van der Waals surface area contributed by atoms with Gasteiger partial charge in [0, 0.05) is 19.2 Å². The van der Waals surface area contributed by atoms with Gasteiger partial charge < -0.3 is 14.5 Å². The molecule has 1 rings (SSSR count). The molecule has 0 amide bonds. The molecule has 0 radical (unpaired) electrons. The van der Waals surface area contributed by atoms with Crippen LogP contribution in [-0.2, 0) is 14.0 Å². The summed E-state index contributed by atoms with van der Waals surface area (Å²) in [5.41, 5.74) is 0. The van der Waals surface area contributed by atoms with Crippen molar-refractivity contribution in [3.8, 4) is 0 Å². The summed E-state index contributed by atoms with van der Waals surface area (Å²) in [5, 5.41) is 3.65. The van der Waals surface area contributed by atoms with E-state index in [-0.39, 0.29) is 16.9 Å². The number of esters is 1. The molecule has 1 aliphatic heterocycles. The Morgan fingerprint density at radius 3 is 2.37 bits per heavy atom. The van der Waals surface area contributed by atoms with Crippen molar-refractivity contribution in [1.82, 2.24) is 5.32 Å².